The lowest BCUT2D eigenvalue weighted by atomic mass is 9.91. The van der Waals surface area contributed by atoms with E-state index in [2.05, 4.69) is 27.9 Å². The van der Waals surface area contributed by atoms with Gasteiger partial charge in [-0.3, -0.25) is 0 Å². The van der Waals surface area contributed by atoms with E-state index in [0.717, 1.165) is 20.4 Å². The van der Waals surface area contributed by atoms with Gasteiger partial charge in [-0.1, -0.05) is 30.3 Å². The van der Waals surface area contributed by atoms with Crippen molar-refractivity contribution in [2.75, 3.05) is 5.32 Å². The van der Waals surface area contributed by atoms with Gasteiger partial charge in [0.1, 0.15) is 0 Å². The number of carbonyl (C=O) groups is 1. The zero-order valence-corrected chi connectivity index (χ0v) is 13.5. The van der Waals surface area contributed by atoms with E-state index in [1.54, 1.807) is 6.92 Å². The molecule has 2 rings (SSSR count). The predicted molar refractivity (Wildman–Crippen MR) is 88.9 cm³/mol. The zero-order chi connectivity index (χ0) is 14.8. The average Bonchev–Trinajstić information content (AvgIpc) is 2.42. The summed E-state index contributed by atoms with van der Waals surface area (Å²) >= 11 is 2.20. The molecule has 20 heavy (non-hydrogen) atoms. The molecule has 0 aliphatic heterocycles. The summed E-state index contributed by atoms with van der Waals surface area (Å²) in [6.07, 6.45) is 0. The smallest absolute Gasteiger partial charge is 0.333 e. The van der Waals surface area contributed by atoms with Crippen molar-refractivity contribution in [1.29, 1.82) is 0 Å². The standard InChI is InChI=1S/C16H16INO2/c1-11-5-3-4-6-14(11)18-16(2,15(19)20)12-7-9-13(17)10-8-12/h3-10,18H,1-2H3,(H,19,20). The molecule has 104 valence electrons. The molecule has 0 heterocycles. The van der Waals surface area contributed by atoms with Crippen molar-refractivity contribution >= 4 is 34.2 Å². The normalized spacial score (nSPS) is 13.6. The van der Waals surface area contributed by atoms with Crippen LogP contribution < -0.4 is 5.32 Å². The molecule has 0 bridgehead atoms. The van der Waals surface area contributed by atoms with Crippen LogP contribution >= 0.6 is 22.6 Å². The number of para-hydroxylation sites is 1. The van der Waals surface area contributed by atoms with Crippen molar-refractivity contribution in [2.24, 2.45) is 0 Å². The van der Waals surface area contributed by atoms with Gasteiger partial charge in [-0.15, -0.1) is 0 Å². The van der Waals surface area contributed by atoms with E-state index in [4.69, 9.17) is 0 Å². The van der Waals surface area contributed by atoms with E-state index in [0.29, 0.717) is 0 Å². The van der Waals surface area contributed by atoms with Crippen LogP contribution in [0.5, 0.6) is 0 Å². The maximum absolute atomic E-state index is 11.8. The highest BCUT2D eigenvalue weighted by atomic mass is 127. The Kier molecular flexibility index (Phi) is 4.32. The molecule has 4 heteroatoms. The van der Waals surface area contributed by atoms with Crippen LogP contribution in [0.1, 0.15) is 18.1 Å². The molecule has 3 nitrogen and oxygen atoms in total. The maximum atomic E-state index is 11.8. The lowest BCUT2D eigenvalue weighted by Crippen LogP contribution is -2.40. The molecule has 2 N–H and O–H groups in total. The fraction of sp³-hybridized carbons (Fsp3) is 0.188. The number of nitrogens with one attached hydrogen (secondary N) is 1. The molecule has 0 aromatic heterocycles. The van der Waals surface area contributed by atoms with E-state index >= 15 is 0 Å². The second-order valence-corrected chi connectivity index (χ2v) is 6.12. The predicted octanol–water partition coefficient (Wildman–Crippen LogP) is 4.01. The monoisotopic (exact) mass is 381 g/mol. The SMILES string of the molecule is Cc1ccccc1NC(C)(C(=O)O)c1ccc(I)cc1. The highest BCUT2D eigenvalue weighted by Gasteiger charge is 2.35. The van der Waals surface area contributed by atoms with Crippen LogP contribution in [0, 0.1) is 10.5 Å². The molecule has 1 unspecified atom stereocenters. The molecule has 1 atom stereocenters. The Bertz CT molecular complexity index is 625. The van der Waals surface area contributed by atoms with E-state index in [1.165, 1.54) is 0 Å². The highest BCUT2D eigenvalue weighted by Crippen LogP contribution is 2.28. The lowest BCUT2D eigenvalue weighted by molar-refractivity contribution is -0.142. The van der Waals surface area contributed by atoms with Crippen LogP contribution in [0.4, 0.5) is 5.69 Å². The number of hydrogen-bond acceptors (Lipinski definition) is 2. The van der Waals surface area contributed by atoms with Crippen LogP contribution in [-0.2, 0) is 10.3 Å². The number of hydrogen-bond donors (Lipinski definition) is 2. The molecular formula is C16H16INO2. The van der Waals surface area contributed by atoms with Gasteiger partial charge in [0, 0.05) is 9.26 Å². The summed E-state index contributed by atoms with van der Waals surface area (Å²) in [5.41, 5.74) is 1.42. The quantitative estimate of drug-likeness (QED) is 0.787. The third kappa shape index (κ3) is 2.95. The third-order valence-corrected chi connectivity index (χ3v) is 4.10. The van der Waals surface area contributed by atoms with Crippen LogP contribution in [0.3, 0.4) is 0 Å². The summed E-state index contributed by atoms with van der Waals surface area (Å²) in [4.78, 5) is 11.8. The summed E-state index contributed by atoms with van der Waals surface area (Å²) in [6, 6.07) is 15.2. The van der Waals surface area contributed by atoms with Gasteiger partial charge < -0.3 is 10.4 Å². The number of carboxylic acid groups (broad SMARTS) is 1. The van der Waals surface area contributed by atoms with Gasteiger partial charge >= 0.3 is 5.97 Å². The molecule has 0 amide bonds. The Morgan fingerprint density at radius 3 is 2.30 bits per heavy atom. The molecule has 0 radical (unpaired) electrons. The number of benzene rings is 2. The van der Waals surface area contributed by atoms with Gasteiger partial charge in [-0.25, -0.2) is 4.79 Å². The minimum Gasteiger partial charge on any atom is -0.479 e. The summed E-state index contributed by atoms with van der Waals surface area (Å²) in [7, 11) is 0. The highest BCUT2D eigenvalue weighted by molar-refractivity contribution is 14.1. The van der Waals surface area contributed by atoms with Gasteiger partial charge in [0.05, 0.1) is 0 Å². The average molecular weight is 381 g/mol. The van der Waals surface area contributed by atoms with E-state index < -0.39 is 11.5 Å². The fourth-order valence-corrected chi connectivity index (χ4v) is 2.37. The van der Waals surface area contributed by atoms with Gasteiger partial charge in [-0.05, 0) is 65.8 Å². The Balaban J connectivity index is 2.43. The maximum Gasteiger partial charge on any atom is 0.333 e. The lowest BCUT2D eigenvalue weighted by Gasteiger charge is -2.29. The molecule has 0 fully saturated rings. The second kappa shape index (κ2) is 5.83. The molecule has 0 aliphatic rings. The second-order valence-electron chi connectivity index (χ2n) is 4.88. The molecular weight excluding hydrogens is 365 g/mol. The first-order chi connectivity index (χ1) is 9.43. The molecule has 2 aromatic carbocycles. The van der Waals surface area contributed by atoms with Gasteiger partial charge in [0.15, 0.2) is 5.54 Å². The van der Waals surface area contributed by atoms with Crippen LogP contribution in [0.25, 0.3) is 0 Å². The zero-order valence-electron chi connectivity index (χ0n) is 11.4. The molecule has 0 saturated carbocycles. The fourth-order valence-electron chi connectivity index (χ4n) is 2.01. The molecule has 0 spiro atoms. The minimum atomic E-state index is -1.16. The third-order valence-electron chi connectivity index (χ3n) is 3.38. The van der Waals surface area contributed by atoms with E-state index in [-0.39, 0.29) is 0 Å². The first-order valence-electron chi connectivity index (χ1n) is 6.27. The summed E-state index contributed by atoms with van der Waals surface area (Å²) in [6.45, 7) is 3.64. The van der Waals surface area contributed by atoms with E-state index in [1.807, 2.05) is 55.5 Å². The Morgan fingerprint density at radius 2 is 1.75 bits per heavy atom. The number of aliphatic carboxylic acids is 1. The summed E-state index contributed by atoms with van der Waals surface area (Å²) in [5.74, 6) is -0.901. The number of aryl methyl sites for hydroxylation is 1. The first kappa shape index (κ1) is 14.8. The molecule has 0 saturated heterocycles. The Labute approximate surface area is 132 Å². The minimum absolute atomic E-state index is 0.730. The van der Waals surface area contributed by atoms with Crippen LogP contribution in [0.2, 0.25) is 0 Å². The number of carboxylic acids is 1. The van der Waals surface area contributed by atoms with E-state index in [9.17, 15) is 9.90 Å². The number of halogens is 1. The largest absolute Gasteiger partial charge is 0.479 e. The number of anilines is 1. The van der Waals surface area contributed by atoms with Crippen molar-refractivity contribution in [2.45, 2.75) is 19.4 Å². The summed E-state index contributed by atoms with van der Waals surface area (Å²) in [5, 5.41) is 12.8. The van der Waals surface area contributed by atoms with Crippen molar-refractivity contribution in [1.82, 2.24) is 0 Å². The van der Waals surface area contributed by atoms with Crippen molar-refractivity contribution in [3.63, 3.8) is 0 Å². The van der Waals surface area contributed by atoms with Gasteiger partial charge in [-0.2, -0.15) is 0 Å². The van der Waals surface area contributed by atoms with Crippen molar-refractivity contribution in [3.8, 4) is 0 Å². The van der Waals surface area contributed by atoms with Gasteiger partial charge in [0.2, 0.25) is 0 Å². The van der Waals surface area contributed by atoms with Crippen molar-refractivity contribution in [3.05, 3.63) is 63.2 Å². The topological polar surface area (TPSA) is 49.3 Å². The summed E-state index contributed by atoms with van der Waals surface area (Å²) < 4.78 is 1.08. The first-order valence-corrected chi connectivity index (χ1v) is 7.34. The Morgan fingerprint density at radius 1 is 1.15 bits per heavy atom. The van der Waals surface area contributed by atoms with Crippen LogP contribution in [-0.4, -0.2) is 11.1 Å². The van der Waals surface area contributed by atoms with Gasteiger partial charge in [0.25, 0.3) is 0 Å². The molecule has 2 aromatic rings. The van der Waals surface area contributed by atoms with Crippen LogP contribution in [0.15, 0.2) is 48.5 Å². The molecule has 0 aliphatic carbocycles. The number of rotatable bonds is 4. The Hall–Kier alpha value is -1.56. The van der Waals surface area contributed by atoms with Crippen molar-refractivity contribution < 1.29 is 9.90 Å².